The molecule has 4 fully saturated rings. The number of hydrogen-bond acceptors (Lipinski definition) is 8. The van der Waals surface area contributed by atoms with Crippen molar-refractivity contribution in [3.05, 3.63) is 109 Å². The van der Waals surface area contributed by atoms with Crippen molar-refractivity contribution >= 4 is 34.6 Å². The van der Waals surface area contributed by atoms with Gasteiger partial charge in [-0.1, -0.05) is 58.5 Å². The lowest BCUT2D eigenvalue weighted by Crippen LogP contribution is -2.68. The van der Waals surface area contributed by atoms with Crippen LogP contribution in [-0.2, 0) is 23.7 Å². The number of fused-ring (bicyclic) bond motifs is 8. The number of rotatable bonds is 7. The molecule has 4 aromatic rings. The second-order valence-corrected chi connectivity index (χ2v) is 19.1. The fourth-order valence-electron chi connectivity index (χ4n) is 9.91. The highest BCUT2D eigenvalue weighted by Gasteiger charge is 2.52. The minimum absolute atomic E-state index is 0. The minimum Gasteiger partial charge on any atom is -0.508 e. The van der Waals surface area contributed by atoms with Gasteiger partial charge in [0, 0.05) is 58.4 Å². The van der Waals surface area contributed by atoms with Crippen LogP contribution < -0.4 is 11.1 Å². The Balaban J connectivity index is 0.000000161. The van der Waals surface area contributed by atoms with Crippen LogP contribution in [0.5, 0.6) is 5.75 Å². The van der Waals surface area contributed by atoms with Crippen molar-refractivity contribution in [2.24, 2.45) is 17.6 Å². The molecule has 0 radical (unpaired) electrons. The Labute approximate surface area is 348 Å². The Bertz CT molecular complexity index is 1990. The first-order valence-corrected chi connectivity index (χ1v) is 22.1. The molecule has 2 aromatic carbocycles. The molecule has 308 valence electrons. The van der Waals surface area contributed by atoms with Gasteiger partial charge in [0.15, 0.2) is 0 Å². The van der Waals surface area contributed by atoms with E-state index in [1.165, 1.54) is 78.8 Å². The van der Waals surface area contributed by atoms with Gasteiger partial charge < -0.3 is 21.3 Å². The van der Waals surface area contributed by atoms with E-state index in [0.29, 0.717) is 29.4 Å². The number of benzene rings is 2. The van der Waals surface area contributed by atoms with Gasteiger partial charge in [-0.2, -0.15) is 22.7 Å². The molecule has 57 heavy (non-hydrogen) atoms. The van der Waals surface area contributed by atoms with Crippen molar-refractivity contribution in [2.45, 2.75) is 122 Å². The molecule has 10 heteroatoms. The maximum absolute atomic E-state index is 12.9. The number of carbonyl (C=O) groups excluding carboxylic acids is 1. The molecular formula is C47H64N4O4S2. The zero-order valence-electron chi connectivity index (χ0n) is 32.4. The van der Waals surface area contributed by atoms with Crippen LogP contribution in [0.4, 0.5) is 0 Å². The first kappa shape index (κ1) is 43.0. The number of amides is 1. The molecule has 6 aliphatic rings. The largest absolute Gasteiger partial charge is 0.508 e. The van der Waals surface area contributed by atoms with Gasteiger partial charge in [0.1, 0.15) is 5.75 Å². The van der Waals surface area contributed by atoms with Crippen LogP contribution in [0.25, 0.3) is 0 Å². The van der Waals surface area contributed by atoms with Gasteiger partial charge in [-0.15, -0.1) is 0 Å². The van der Waals surface area contributed by atoms with Crippen molar-refractivity contribution in [1.29, 1.82) is 0 Å². The molecule has 2 saturated heterocycles. The van der Waals surface area contributed by atoms with Crippen molar-refractivity contribution < 1.29 is 19.8 Å². The highest BCUT2D eigenvalue weighted by atomic mass is 32.1. The number of nitrogens with two attached hydrogens (primary N) is 1. The lowest BCUT2D eigenvalue weighted by atomic mass is 9.61. The molecular weight excluding hydrogens is 749 g/mol. The molecule has 5 N–H and O–H groups in total. The fraction of sp³-hybridized carbons (Fsp3) is 0.532. The van der Waals surface area contributed by atoms with E-state index in [1.54, 1.807) is 39.8 Å². The number of nitrogens with zero attached hydrogens (tertiary/aromatic N) is 2. The van der Waals surface area contributed by atoms with Crippen molar-refractivity contribution in [3.8, 4) is 5.75 Å². The molecule has 8 nitrogen and oxygen atoms in total. The van der Waals surface area contributed by atoms with Crippen LogP contribution in [0.15, 0.2) is 70.1 Å². The average molecular weight is 813 g/mol. The predicted octanol–water partition coefficient (Wildman–Crippen LogP) is 8.89. The van der Waals surface area contributed by atoms with Crippen molar-refractivity contribution in [3.63, 3.8) is 0 Å². The second kappa shape index (κ2) is 17.4. The van der Waals surface area contributed by atoms with E-state index in [0.717, 1.165) is 49.8 Å². The lowest BCUT2D eigenvalue weighted by Gasteiger charge is -2.55. The topological polar surface area (TPSA) is 119 Å². The normalized spacial score (nSPS) is 28.4. The smallest absolute Gasteiger partial charge is 0.336 e. The van der Waals surface area contributed by atoms with E-state index in [9.17, 15) is 14.7 Å². The van der Waals surface area contributed by atoms with Crippen LogP contribution in [0.3, 0.4) is 0 Å². The Morgan fingerprint density at radius 2 is 1.33 bits per heavy atom. The van der Waals surface area contributed by atoms with E-state index in [2.05, 4.69) is 60.2 Å². The zero-order valence-corrected chi connectivity index (χ0v) is 34.0. The average Bonchev–Trinajstić information content (AvgIpc) is 4.03. The van der Waals surface area contributed by atoms with E-state index in [-0.39, 0.29) is 37.6 Å². The summed E-state index contributed by atoms with van der Waals surface area (Å²) in [6, 6.07) is 17.5. The third-order valence-electron chi connectivity index (χ3n) is 13.7. The third kappa shape index (κ3) is 8.91. The standard InChI is InChI=1S/C22H26N2O2S.C18H26N2.C5H4O2S.2CH4/c1-22-7-8-24(12-14-2-3-14)19(10-15-4-5-17(25)11-18(15)22)20(22)23-21(26)16-6-9-27-13-16;1-12-3-6-14-10-16-17(19)18(2,15(14)9-12)7-8-20(16)11-13-4-5-13;6-5(7)4-1-2-8-3-4;;/h4-6,9,11,13-14,19-20,25H,2-3,7-8,10,12H2,1H3,(H,23,26);3,6,9,13,16-17H,4-5,7-8,10-11,19H2,1-2H3;1-3H,(H,6,7);2*1H4/t19-,20-,22+;16-,17-,18+;;;/m11.../s1. The lowest BCUT2D eigenvalue weighted by molar-refractivity contribution is 0.0394. The molecule has 2 aromatic heterocycles. The van der Waals surface area contributed by atoms with Crippen molar-refractivity contribution in [1.82, 2.24) is 15.1 Å². The number of phenols is 1. The summed E-state index contributed by atoms with van der Waals surface area (Å²) in [6.45, 7) is 11.6. The summed E-state index contributed by atoms with van der Waals surface area (Å²) in [5, 5.41) is 29.0. The molecule has 4 heterocycles. The van der Waals surface area contributed by atoms with Crippen LogP contribution in [-0.4, -0.2) is 82.2 Å². The number of nitrogens with one attached hydrogen (secondary N) is 1. The fourth-order valence-corrected chi connectivity index (χ4v) is 11.2. The highest BCUT2D eigenvalue weighted by molar-refractivity contribution is 7.08. The number of carboxylic acid groups (broad SMARTS) is 1. The van der Waals surface area contributed by atoms with Gasteiger partial charge in [0.25, 0.3) is 5.91 Å². The first-order chi connectivity index (χ1) is 26.4. The zero-order chi connectivity index (χ0) is 38.5. The minimum atomic E-state index is -0.855. The molecule has 4 aliphatic carbocycles. The molecule has 2 aliphatic heterocycles. The predicted molar refractivity (Wildman–Crippen MR) is 235 cm³/mol. The van der Waals surface area contributed by atoms with E-state index in [1.807, 2.05) is 22.9 Å². The Hall–Kier alpha value is -3.54. The van der Waals surface area contributed by atoms with Gasteiger partial charge in [0.2, 0.25) is 0 Å². The quantitative estimate of drug-likeness (QED) is 0.147. The van der Waals surface area contributed by atoms with E-state index in [4.69, 9.17) is 10.8 Å². The molecule has 10 rings (SSSR count). The maximum atomic E-state index is 12.9. The van der Waals surface area contributed by atoms with Gasteiger partial charge in [-0.25, -0.2) is 4.79 Å². The Morgan fingerprint density at radius 3 is 1.89 bits per heavy atom. The maximum Gasteiger partial charge on any atom is 0.336 e. The number of phenolic OH excluding ortho intramolecular Hbond substituents is 1. The summed E-state index contributed by atoms with van der Waals surface area (Å²) in [7, 11) is 0. The van der Waals surface area contributed by atoms with E-state index >= 15 is 0 Å². The Morgan fingerprint density at radius 1 is 0.789 bits per heavy atom. The van der Waals surface area contributed by atoms with Gasteiger partial charge in [-0.3, -0.25) is 14.6 Å². The van der Waals surface area contributed by atoms with Crippen molar-refractivity contribution in [2.75, 3.05) is 26.2 Å². The number of carboxylic acids is 1. The number of aromatic hydroxyl groups is 1. The number of likely N-dealkylation sites (tertiary alicyclic amines) is 2. The summed E-state index contributed by atoms with van der Waals surface area (Å²) in [5.41, 5.74) is 14.9. The summed E-state index contributed by atoms with van der Waals surface area (Å²) in [6.07, 6.45) is 9.87. The SMILES string of the molecule is C.C.C[C@]12CCN(CC3CC3)[C@H](Cc3ccc(O)cc31)[C@H]2NC(=O)c1ccsc1.Cc1ccc2c(c1)[C@]1(C)CCN(CC3CC3)[C@H](C2)[C@H]1N.O=C(O)c1ccsc1. The number of piperidine rings is 2. The molecule has 6 atom stereocenters. The van der Waals surface area contributed by atoms with Gasteiger partial charge in [0.05, 0.1) is 11.6 Å². The third-order valence-corrected chi connectivity index (χ3v) is 15.0. The summed E-state index contributed by atoms with van der Waals surface area (Å²) >= 11 is 2.94. The molecule has 0 spiro atoms. The molecule has 2 saturated carbocycles. The summed E-state index contributed by atoms with van der Waals surface area (Å²) < 4.78 is 0. The summed E-state index contributed by atoms with van der Waals surface area (Å²) in [5.74, 6) is 1.28. The van der Waals surface area contributed by atoms with Crippen LogP contribution in [0.2, 0.25) is 0 Å². The number of carbonyl (C=O) groups is 2. The summed E-state index contributed by atoms with van der Waals surface area (Å²) in [4.78, 5) is 28.3. The first-order valence-electron chi connectivity index (χ1n) is 20.2. The number of aromatic carboxylic acids is 1. The monoisotopic (exact) mass is 812 g/mol. The molecule has 4 bridgehead atoms. The van der Waals surface area contributed by atoms with Crippen LogP contribution >= 0.6 is 22.7 Å². The number of thiophene rings is 2. The molecule has 1 amide bonds. The van der Waals surface area contributed by atoms with Gasteiger partial charge in [-0.05, 0) is 140 Å². The second-order valence-electron chi connectivity index (χ2n) is 17.6. The van der Waals surface area contributed by atoms with Gasteiger partial charge >= 0.3 is 5.97 Å². The van der Waals surface area contributed by atoms with Crippen LogP contribution in [0, 0.1) is 18.8 Å². The number of aryl methyl sites for hydroxylation is 1. The molecule has 0 unspecified atom stereocenters. The number of hydrogen-bond donors (Lipinski definition) is 4. The highest BCUT2D eigenvalue weighted by Crippen LogP contribution is 2.48. The Kier molecular flexibility index (Phi) is 13.1. The van der Waals surface area contributed by atoms with E-state index < -0.39 is 5.97 Å². The van der Waals surface area contributed by atoms with Crippen LogP contribution in [0.1, 0.15) is 116 Å².